The maximum atomic E-state index is 4.50. The zero-order chi connectivity index (χ0) is 13.0. The Labute approximate surface area is 111 Å². The number of aryl methyl sites for hydroxylation is 3. The van der Waals surface area contributed by atoms with Crippen molar-refractivity contribution in [2.45, 2.75) is 65.5 Å². The van der Waals surface area contributed by atoms with E-state index in [1.165, 1.54) is 37.8 Å². The van der Waals surface area contributed by atoms with Gasteiger partial charge in [0, 0.05) is 18.3 Å². The molecule has 1 N–H and O–H groups in total. The van der Waals surface area contributed by atoms with E-state index in [1.807, 2.05) is 0 Å². The van der Waals surface area contributed by atoms with Gasteiger partial charge in [0.25, 0.3) is 0 Å². The lowest BCUT2D eigenvalue weighted by Crippen LogP contribution is -2.33. The van der Waals surface area contributed by atoms with Crippen LogP contribution in [-0.4, -0.2) is 22.4 Å². The molecule has 1 aromatic heterocycles. The lowest BCUT2D eigenvalue weighted by atomic mass is 10.0. The van der Waals surface area contributed by atoms with E-state index in [0.717, 1.165) is 30.7 Å². The van der Waals surface area contributed by atoms with Gasteiger partial charge < -0.3 is 5.32 Å². The maximum absolute atomic E-state index is 4.50. The summed E-state index contributed by atoms with van der Waals surface area (Å²) in [5, 5.41) is 8.24. The Balaban J connectivity index is 1.68. The smallest absolute Gasteiger partial charge is 0.0596 e. The van der Waals surface area contributed by atoms with Crippen LogP contribution >= 0.6 is 0 Å². The Morgan fingerprint density at radius 2 is 2.22 bits per heavy atom. The fourth-order valence-electron chi connectivity index (χ4n) is 3.21. The number of nitrogens with zero attached hydrogens (tertiary/aromatic N) is 2. The van der Waals surface area contributed by atoms with Gasteiger partial charge in [0.2, 0.25) is 0 Å². The molecular weight excluding hydrogens is 222 g/mol. The van der Waals surface area contributed by atoms with Crippen molar-refractivity contribution in [3.63, 3.8) is 0 Å². The van der Waals surface area contributed by atoms with Crippen LogP contribution in [0.1, 0.15) is 50.4 Å². The Morgan fingerprint density at radius 3 is 2.89 bits per heavy atom. The largest absolute Gasteiger partial charge is 0.314 e. The molecule has 3 heteroatoms. The Kier molecular flexibility index (Phi) is 4.81. The van der Waals surface area contributed by atoms with Gasteiger partial charge in [0.15, 0.2) is 0 Å². The molecule has 2 atom stereocenters. The quantitative estimate of drug-likeness (QED) is 0.785. The highest BCUT2D eigenvalue weighted by atomic mass is 15.3. The van der Waals surface area contributed by atoms with Gasteiger partial charge in [0.05, 0.1) is 5.69 Å². The fraction of sp³-hybridized carbons (Fsp3) is 0.800. The van der Waals surface area contributed by atoms with Gasteiger partial charge in [-0.1, -0.05) is 19.8 Å². The molecular formula is C15H27N3. The van der Waals surface area contributed by atoms with E-state index in [2.05, 4.69) is 41.9 Å². The molecule has 0 spiro atoms. The Morgan fingerprint density at radius 1 is 1.39 bits per heavy atom. The normalized spacial score (nSPS) is 23.7. The summed E-state index contributed by atoms with van der Waals surface area (Å²) in [7, 11) is 0. The van der Waals surface area contributed by atoms with E-state index in [1.54, 1.807) is 0 Å². The molecule has 0 radical (unpaired) electrons. The number of rotatable bonds is 6. The minimum Gasteiger partial charge on any atom is -0.314 e. The number of aromatic nitrogens is 2. The third-order valence-corrected chi connectivity index (χ3v) is 4.24. The molecule has 0 saturated heterocycles. The van der Waals surface area contributed by atoms with E-state index >= 15 is 0 Å². The zero-order valence-corrected chi connectivity index (χ0v) is 12.1. The molecule has 2 rings (SSSR count). The third kappa shape index (κ3) is 3.35. The van der Waals surface area contributed by atoms with Crippen molar-refractivity contribution in [3.8, 4) is 0 Å². The van der Waals surface area contributed by atoms with E-state index in [4.69, 9.17) is 0 Å². The minimum atomic E-state index is 0.774. The van der Waals surface area contributed by atoms with Crippen molar-refractivity contribution in [2.24, 2.45) is 5.92 Å². The summed E-state index contributed by atoms with van der Waals surface area (Å²) in [5.74, 6) is 0.915. The predicted octanol–water partition coefficient (Wildman–Crippen LogP) is 3.06. The van der Waals surface area contributed by atoms with E-state index in [0.29, 0.717) is 0 Å². The van der Waals surface area contributed by atoms with Crippen LogP contribution in [0.15, 0.2) is 6.07 Å². The monoisotopic (exact) mass is 249 g/mol. The van der Waals surface area contributed by atoms with Gasteiger partial charge in [-0.25, -0.2) is 0 Å². The maximum Gasteiger partial charge on any atom is 0.0596 e. The Bertz CT molecular complexity index is 370. The molecule has 0 aromatic carbocycles. The molecule has 1 fully saturated rings. The topological polar surface area (TPSA) is 29.9 Å². The van der Waals surface area contributed by atoms with Gasteiger partial charge in [-0.2, -0.15) is 5.10 Å². The standard InChI is InChI=1S/C15H27N3/c1-4-14-7-5-8-15(14)16-9-6-10-18-13(3)11-12(2)17-18/h11,14-16H,4-10H2,1-3H3. The number of nitrogens with one attached hydrogen (secondary N) is 1. The van der Waals surface area contributed by atoms with Gasteiger partial charge in [-0.05, 0) is 51.6 Å². The first-order valence-electron chi connectivity index (χ1n) is 7.45. The van der Waals surface area contributed by atoms with Crippen molar-refractivity contribution in [3.05, 3.63) is 17.5 Å². The third-order valence-electron chi connectivity index (χ3n) is 4.24. The first kappa shape index (κ1) is 13.6. The summed E-state index contributed by atoms with van der Waals surface area (Å²) in [6.07, 6.45) is 6.71. The van der Waals surface area contributed by atoms with Crippen molar-refractivity contribution < 1.29 is 0 Å². The van der Waals surface area contributed by atoms with Crippen molar-refractivity contribution >= 4 is 0 Å². The molecule has 1 aliphatic carbocycles. The zero-order valence-electron chi connectivity index (χ0n) is 12.1. The molecule has 1 heterocycles. The summed E-state index contributed by atoms with van der Waals surface area (Å²) in [5.41, 5.74) is 2.40. The molecule has 1 saturated carbocycles. The highest BCUT2D eigenvalue weighted by molar-refractivity contribution is 5.06. The van der Waals surface area contributed by atoms with Gasteiger partial charge in [-0.15, -0.1) is 0 Å². The van der Waals surface area contributed by atoms with Crippen molar-refractivity contribution in [1.82, 2.24) is 15.1 Å². The first-order valence-corrected chi connectivity index (χ1v) is 7.45. The second-order valence-electron chi connectivity index (χ2n) is 5.66. The first-order chi connectivity index (χ1) is 8.70. The molecule has 1 aromatic rings. The van der Waals surface area contributed by atoms with Crippen LogP contribution in [0, 0.1) is 19.8 Å². The second-order valence-corrected chi connectivity index (χ2v) is 5.66. The molecule has 2 unspecified atom stereocenters. The second kappa shape index (κ2) is 6.37. The molecule has 18 heavy (non-hydrogen) atoms. The van der Waals surface area contributed by atoms with Crippen molar-refractivity contribution in [2.75, 3.05) is 6.54 Å². The van der Waals surface area contributed by atoms with Crippen LogP contribution in [-0.2, 0) is 6.54 Å². The molecule has 0 amide bonds. The van der Waals surface area contributed by atoms with Gasteiger partial charge >= 0.3 is 0 Å². The summed E-state index contributed by atoms with van der Waals surface area (Å²) >= 11 is 0. The number of hydrogen-bond acceptors (Lipinski definition) is 2. The lowest BCUT2D eigenvalue weighted by Gasteiger charge is -2.19. The van der Waals surface area contributed by atoms with Crippen LogP contribution in [0.4, 0.5) is 0 Å². The van der Waals surface area contributed by atoms with Crippen LogP contribution in [0.3, 0.4) is 0 Å². The summed E-state index contributed by atoms with van der Waals surface area (Å²) in [6, 6.07) is 2.92. The average molecular weight is 249 g/mol. The fourth-order valence-corrected chi connectivity index (χ4v) is 3.21. The predicted molar refractivity (Wildman–Crippen MR) is 75.7 cm³/mol. The molecule has 1 aliphatic rings. The molecule has 3 nitrogen and oxygen atoms in total. The van der Waals surface area contributed by atoms with Crippen LogP contribution in [0.5, 0.6) is 0 Å². The van der Waals surface area contributed by atoms with Crippen LogP contribution < -0.4 is 5.32 Å². The van der Waals surface area contributed by atoms with E-state index in [9.17, 15) is 0 Å². The Hall–Kier alpha value is -0.830. The lowest BCUT2D eigenvalue weighted by molar-refractivity contribution is 0.382. The van der Waals surface area contributed by atoms with Gasteiger partial charge in [0.1, 0.15) is 0 Å². The highest BCUT2D eigenvalue weighted by Gasteiger charge is 2.24. The molecule has 0 bridgehead atoms. The average Bonchev–Trinajstić information content (AvgIpc) is 2.91. The SMILES string of the molecule is CCC1CCCC1NCCCn1nc(C)cc1C. The van der Waals surface area contributed by atoms with Gasteiger partial charge in [-0.3, -0.25) is 4.68 Å². The van der Waals surface area contributed by atoms with E-state index in [-0.39, 0.29) is 0 Å². The van der Waals surface area contributed by atoms with Crippen LogP contribution in [0.2, 0.25) is 0 Å². The summed E-state index contributed by atoms with van der Waals surface area (Å²) in [4.78, 5) is 0. The van der Waals surface area contributed by atoms with Crippen LogP contribution in [0.25, 0.3) is 0 Å². The molecule has 102 valence electrons. The summed E-state index contributed by atoms with van der Waals surface area (Å²) in [6.45, 7) is 8.68. The molecule has 0 aliphatic heterocycles. The minimum absolute atomic E-state index is 0.774. The van der Waals surface area contributed by atoms with Crippen molar-refractivity contribution in [1.29, 1.82) is 0 Å². The van der Waals surface area contributed by atoms with E-state index < -0.39 is 0 Å². The number of hydrogen-bond donors (Lipinski definition) is 1. The highest BCUT2D eigenvalue weighted by Crippen LogP contribution is 2.27. The summed E-state index contributed by atoms with van der Waals surface area (Å²) < 4.78 is 2.13.